The molecule has 1 fully saturated rings. The largest absolute Gasteiger partial charge is 0.337 e. The van der Waals surface area contributed by atoms with Crippen molar-refractivity contribution in [3.63, 3.8) is 0 Å². The topological polar surface area (TPSA) is 23.6 Å². The molecule has 1 amide bonds. The van der Waals surface area contributed by atoms with Gasteiger partial charge in [-0.2, -0.15) is 0 Å². The minimum Gasteiger partial charge on any atom is -0.337 e. The van der Waals surface area contributed by atoms with E-state index in [1.165, 1.54) is 0 Å². The lowest BCUT2D eigenvalue weighted by atomic mass is 10.2. The Hall–Kier alpha value is 0.150. The first kappa shape index (κ1) is 16.5. The molecule has 1 aliphatic heterocycles. The Kier molecular flexibility index (Phi) is 6.58. The lowest BCUT2D eigenvalue weighted by Crippen LogP contribution is -2.35. The van der Waals surface area contributed by atoms with Crippen molar-refractivity contribution in [2.45, 2.75) is 6.42 Å². The van der Waals surface area contributed by atoms with Crippen LogP contribution < -0.4 is 0 Å². The van der Waals surface area contributed by atoms with E-state index in [1.54, 1.807) is 6.07 Å². The Balaban J connectivity index is 2.03. The number of carbonyl (C=O) groups is 1. The number of hydrogen-bond acceptors (Lipinski definition) is 2. The summed E-state index contributed by atoms with van der Waals surface area (Å²) in [6.07, 6.45) is 1.02. The summed E-state index contributed by atoms with van der Waals surface area (Å²) < 4.78 is 0.972. The first-order valence-electron chi connectivity index (χ1n) is 6.64. The quantitative estimate of drug-likeness (QED) is 0.498. The molecule has 1 aromatic rings. The zero-order valence-electron chi connectivity index (χ0n) is 11.1. The van der Waals surface area contributed by atoms with Crippen molar-refractivity contribution in [3.05, 3.63) is 32.4 Å². The fourth-order valence-electron chi connectivity index (χ4n) is 2.33. The van der Waals surface area contributed by atoms with Crippen LogP contribution in [-0.4, -0.2) is 53.8 Å². The highest BCUT2D eigenvalue weighted by molar-refractivity contribution is 14.1. The lowest BCUT2D eigenvalue weighted by Gasteiger charge is -2.21. The van der Waals surface area contributed by atoms with Gasteiger partial charge in [0.2, 0.25) is 0 Å². The molecular formula is C14H17BrClIN2O. The second kappa shape index (κ2) is 7.96. The van der Waals surface area contributed by atoms with E-state index in [0.717, 1.165) is 48.0 Å². The molecular weight excluding hydrogens is 454 g/mol. The molecule has 0 radical (unpaired) electrons. The fraction of sp³-hybridized carbons (Fsp3) is 0.500. The van der Waals surface area contributed by atoms with Gasteiger partial charge in [0.1, 0.15) is 0 Å². The predicted molar refractivity (Wildman–Crippen MR) is 94.9 cm³/mol. The molecule has 1 saturated heterocycles. The van der Waals surface area contributed by atoms with Gasteiger partial charge in [0.25, 0.3) is 5.91 Å². The molecule has 1 aromatic carbocycles. The number of amides is 1. The van der Waals surface area contributed by atoms with Crippen LogP contribution in [0.1, 0.15) is 16.8 Å². The molecule has 0 atom stereocenters. The van der Waals surface area contributed by atoms with Crippen LogP contribution in [0, 0.1) is 3.57 Å². The molecule has 1 aliphatic rings. The summed E-state index contributed by atoms with van der Waals surface area (Å²) in [5, 5.41) is 1.63. The van der Waals surface area contributed by atoms with E-state index >= 15 is 0 Å². The van der Waals surface area contributed by atoms with Gasteiger partial charge in [0.05, 0.1) is 5.02 Å². The molecule has 2 rings (SSSR count). The van der Waals surface area contributed by atoms with E-state index in [4.69, 9.17) is 11.6 Å². The molecule has 0 aliphatic carbocycles. The average Bonchev–Trinajstić information content (AvgIpc) is 2.67. The number of nitrogens with zero attached hydrogens (tertiary/aromatic N) is 2. The molecule has 20 heavy (non-hydrogen) atoms. The normalized spacial score (nSPS) is 17.1. The molecule has 0 aromatic heterocycles. The van der Waals surface area contributed by atoms with E-state index in [9.17, 15) is 4.79 Å². The van der Waals surface area contributed by atoms with Crippen LogP contribution in [0.3, 0.4) is 0 Å². The fourth-order valence-corrected chi connectivity index (χ4v) is 3.35. The van der Waals surface area contributed by atoms with E-state index in [0.29, 0.717) is 10.6 Å². The van der Waals surface area contributed by atoms with Gasteiger partial charge < -0.3 is 9.80 Å². The van der Waals surface area contributed by atoms with Crippen molar-refractivity contribution >= 4 is 56.0 Å². The molecule has 3 nitrogen and oxygen atoms in total. The summed E-state index contributed by atoms with van der Waals surface area (Å²) in [4.78, 5) is 16.8. The predicted octanol–water partition coefficient (Wildman–Crippen LogP) is 3.49. The Labute approximate surface area is 146 Å². The van der Waals surface area contributed by atoms with Crippen molar-refractivity contribution in [2.24, 2.45) is 0 Å². The van der Waals surface area contributed by atoms with Crippen molar-refractivity contribution in [3.8, 4) is 0 Å². The van der Waals surface area contributed by atoms with Crippen molar-refractivity contribution in [2.75, 3.05) is 38.1 Å². The van der Waals surface area contributed by atoms with E-state index in [1.807, 2.05) is 17.0 Å². The zero-order chi connectivity index (χ0) is 14.5. The molecule has 0 spiro atoms. The summed E-state index contributed by atoms with van der Waals surface area (Å²) in [5.41, 5.74) is 0.685. The molecule has 0 unspecified atom stereocenters. The summed E-state index contributed by atoms with van der Waals surface area (Å²) in [5.74, 6) is 0.0870. The average molecular weight is 472 g/mol. The van der Waals surface area contributed by atoms with Crippen LogP contribution in [-0.2, 0) is 0 Å². The number of alkyl halides is 1. The monoisotopic (exact) mass is 470 g/mol. The van der Waals surface area contributed by atoms with E-state index in [2.05, 4.69) is 43.4 Å². The van der Waals surface area contributed by atoms with Crippen molar-refractivity contribution in [1.82, 2.24) is 9.80 Å². The second-order valence-corrected chi connectivity index (χ2v) is 7.17. The second-order valence-electron chi connectivity index (χ2n) is 4.81. The zero-order valence-corrected chi connectivity index (χ0v) is 15.6. The Morgan fingerprint density at radius 3 is 2.80 bits per heavy atom. The standard InChI is InChI=1S/C14H17BrClIN2O/c15-4-7-18-5-1-6-19(9-8-18)14(20)11-2-3-13(17)12(16)10-11/h2-3,10H,1,4-9H2. The van der Waals surface area contributed by atoms with Gasteiger partial charge in [0, 0.05) is 40.6 Å². The highest BCUT2D eigenvalue weighted by Gasteiger charge is 2.20. The summed E-state index contributed by atoms with van der Waals surface area (Å²) in [6.45, 7) is 4.65. The summed E-state index contributed by atoms with van der Waals surface area (Å²) in [6, 6.07) is 5.52. The van der Waals surface area contributed by atoms with Crippen LogP contribution in [0.25, 0.3) is 0 Å². The van der Waals surface area contributed by atoms with Crippen LogP contribution in [0.15, 0.2) is 18.2 Å². The van der Waals surface area contributed by atoms with Gasteiger partial charge in [-0.05, 0) is 53.8 Å². The molecule has 6 heteroatoms. The van der Waals surface area contributed by atoms with Crippen LogP contribution in [0.4, 0.5) is 0 Å². The van der Waals surface area contributed by atoms with Crippen molar-refractivity contribution < 1.29 is 4.79 Å². The first-order chi connectivity index (χ1) is 9.61. The van der Waals surface area contributed by atoms with Gasteiger partial charge >= 0.3 is 0 Å². The highest BCUT2D eigenvalue weighted by atomic mass is 127. The third kappa shape index (κ3) is 4.32. The van der Waals surface area contributed by atoms with Gasteiger partial charge in [-0.25, -0.2) is 0 Å². The minimum atomic E-state index is 0.0870. The maximum Gasteiger partial charge on any atom is 0.253 e. The number of halogens is 3. The molecule has 0 N–H and O–H groups in total. The maximum absolute atomic E-state index is 12.5. The van der Waals surface area contributed by atoms with Gasteiger partial charge in [-0.1, -0.05) is 27.5 Å². The molecule has 0 bridgehead atoms. The van der Waals surface area contributed by atoms with Crippen molar-refractivity contribution in [1.29, 1.82) is 0 Å². The first-order valence-corrected chi connectivity index (χ1v) is 9.22. The SMILES string of the molecule is O=C(c1ccc(I)c(Cl)c1)N1CCCN(CCBr)CC1. The number of rotatable bonds is 3. The third-order valence-corrected chi connectivity index (χ3v) is 5.37. The Morgan fingerprint density at radius 1 is 1.30 bits per heavy atom. The van der Waals surface area contributed by atoms with Crippen LogP contribution in [0.2, 0.25) is 5.02 Å². The lowest BCUT2D eigenvalue weighted by molar-refractivity contribution is 0.0762. The number of carbonyl (C=O) groups excluding carboxylic acids is 1. The smallest absolute Gasteiger partial charge is 0.253 e. The molecule has 1 heterocycles. The van der Waals surface area contributed by atoms with Gasteiger partial charge in [-0.15, -0.1) is 0 Å². The molecule has 0 saturated carbocycles. The highest BCUT2D eigenvalue weighted by Crippen LogP contribution is 2.20. The Bertz CT molecular complexity index is 486. The number of benzene rings is 1. The maximum atomic E-state index is 12.5. The summed E-state index contributed by atoms with van der Waals surface area (Å²) >= 11 is 11.7. The third-order valence-electron chi connectivity index (χ3n) is 3.44. The van der Waals surface area contributed by atoms with Crippen LogP contribution in [0.5, 0.6) is 0 Å². The van der Waals surface area contributed by atoms with Crippen LogP contribution >= 0.6 is 50.1 Å². The Morgan fingerprint density at radius 2 is 2.10 bits per heavy atom. The minimum absolute atomic E-state index is 0.0870. The number of hydrogen-bond donors (Lipinski definition) is 0. The molecule has 110 valence electrons. The van der Waals surface area contributed by atoms with E-state index < -0.39 is 0 Å². The van der Waals surface area contributed by atoms with Gasteiger partial charge in [0.15, 0.2) is 0 Å². The summed E-state index contributed by atoms with van der Waals surface area (Å²) in [7, 11) is 0. The van der Waals surface area contributed by atoms with Gasteiger partial charge in [-0.3, -0.25) is 4.79 Å². The van der Waals surface area contributed by atoms with E-state index in [-0.39, 0.29) is 5.91 Å².